The molecule has 7 nitrogen and oxygen atoms in total. The van der Waals surface area contributed by atoms with Crippen molar-refractivity contribution in [1.29, 1.82) is 5.26 Å². The zero-order valence-corrected chi connectivity index (χ0v) is 16.8. The van der Waals surface area contributed by atoms with E-state index in [-0.39, 0.29) is 10.8 Å². The number of thiazole rings is 1. The number of nitriles is 1. The van der Waals surface area contributed by atoms with Gasteiger partial charge in [-0.05, 0) is 43.2 Å². The number of aromatic carboxylic acids is 1. The normalized spacial score (nSPS) is 10.4. The third-order valence-corrected chi connectivity index (χ3v) is 4.60. The van der Waals surface area contributed by atoms with Crippen LogP contribution in [0.4, 0.5) is 0 Å². The van der Waals surface area contributed by atoms with Gasteiger partial charge in [-0.2, -0.15) is 5.26 Å². The first-order valence-electron chi connectivity index (χ1n) is 8.61. The molecule has 1 aromatic heterocycles. The van der Waals surface area contributed by atoms with Crippen LogP contribution in [0.5, 0.6) is 11.6 Å². The molecule has 8 heteroatoms. The fourth-order valence-corrected chi connectivity index (χ4v) is 2.79. The van der Waals surface area contributed by atoms with Crippen LogP contribution in [-0.4, -0.2) is 21.2 Å². The van der Waals surface area contributed by atoms with Gasteiger partial charge in [-0.1, -0.05) is 30.3 Å². The van der Waals surface area contributed by atoms with Crippen molar-refractivity contribution in [3.63, 3.8) is 0 Å². The fourth-order valence-electron chi connectivity index (χ4n) is 2.24. The first-order valence-corrected chi connectivity index (χ1v) is 9.49. The van der Waals surface area contributed by atoms with E-state index >= 15 is 0 Å². The lowest BCUT2D eigenvalue weighted by atomic mass is 9.97. The van der Waals surface area contributed by atoms with Crippen LogP contribution in [0, 0.1) is 11.3 Å². The van der Waals surface area contributed by atoms with Crippen molar-refractivity contribution in [3.05, 3.63) is 75.6 Å². The Bertz CT molecular complexity index is 1000. The molecule has 0 aliphatic carbocycles. The monoisotopic (exact) mass is 411 g/mol. The Kier molecular flexibility index (Phi) is 7.45. The number of benzene rings is 2. The molecule has 0 saturated heterocycles. The summed E-state index contributed by atoms with van der Waals surface area (Å²) in [5.41, 5.74) is 8.53. The van der Waals surface area contributed by atoms with Crippen LogP contribution in [0.3, 0.4) is 0 Å². The molecule has 2 aromatic carbocycles. The first kappa shape index (κ1) is 22.0. The number of carbonyl (C=O) groups is 1. The number of ether oxygens (including phenoxy) is 1. The number of hydrogen-bond acceptors (Lipinski definition) is 7. The molecule has 0 unspecified atom stereocenters. The van der Waals surface area contributed by atoms with Crippen molar-refractivity contribution in [2.45, 2.75) is 26.0 Å². The van der Waals surface area contributed by atoms with E-state index in [2.05, 4.69) is 4.98 Å². The lowest BCUT2D eigenvalue weighted by molar-refractivity contribution is 0.0698. The molecule has 4 N–H and O–H groups in total. The van der Waals surface area contributed by atoms with Crippen LogP contribution in [0.15, 0.2) is 54.0 Å². The van der Waals surface area contributed by atoms with E-state index in [4.69, 9.17) is 20.8 Å². The molecule has 1 heterocycles. The number of rotatable bonds is 5. The molecule has 0 saturated carbocycles. The predicted molar refractivity (Wildman–Crippen MR) is 110 cm³/mol. The summed E-state index contributed by atoms with van der Waals surface area (Å²) >= 11 is 0.986. The summed E-state index contributed by atoms with van der Waals surface area (Å²) in [6.07, 6.45) is 0. The molecule has 0 radical (unpaired) electrons. The smallest absolute Gasteiger partial charge is 0.351 e. The highest BCUT2D eigenvalue weighted by atomic mass is 32.1. The van der Waals surface area contributed by atoms with Gasteiger partial charge in [0.2, 0.25) is 5.88 Å². The highest BCUT2D eigenvalue weighted by Gasteiger charge is 2.16. The van der Waals surface area contributed by atoms with Crippen molar-refractivity contribution in [3.8, 4) is 17.7 Å². The Hall–Kier alpha value is -3.25. The molecule has 0 atom stereocenters. The summed E-state index contributed by atoms with van der Waals surface area (Å²) in [5, 5.41) is 27.2. The number of nitrogens with zero attached hydrogens (tertiary/aromatic N) is 2. The minimum Gasteiger partial charge on any atom is -0.477 e. The Balaban J connectivity index is 0.000000221. The molecular formula is C21H21N3O4S. The third kappa shape index (κ3) is 6.40. The SMILES string of the molecule is CC(C)(O)c1ccc(CN)cc1.N#Cc1cccc(Oc2ncsc2C(=O)O)c1. The highest BCUT2D eigenvalue weighted by molar-refractivity contribution is 7.12. The second-order valence-corrected chi connectivity index (χ2v) is 7.35. The maximum Gasteiger partial charge on any atom is 0.351 e. The van der Waals surface area contributed by atoms with Crippen molar-refractivity contribution >= 4 is 17.3 Å². The highest BCUT2D eigenvalue weighted by Crippen LogP contribution is 2.27. The van der Waals surface area contributed by atoms with E-state index in [9.17, 15) is 9.90 Å². The van der Waals surface area contributed by atoms with Crippen molar-refractivity contribution in [2.24, 2.45) is 5.73 Å². The number of carboxylic acid groups (broad SMARTS) is 1. The zero-order valence-electron chi connectivity index (χ0n) is 16.0. The van der Waals surface area contributed by atoms with Gasteiger partial charge in [0.05, 0.1) is 22.7 Å². The minimum atomic E-state index is -1.08. The van der Waals surface area contributed by atoms with E-state index in [0.29, 0.717) is 17.9 Å². The van der Waals surface area contributed by atoms with E-state index < -0.39 is 11.6 Å². The lowest BCUT2D eigenvalue weighted by Crippen LogP contribution is -2.15. The average molecular weight is 411 g/mol. The predicted octanol–water partition coefficient (Wildman–Crippen LogP) is 3.88. The minimum absolute atomic E-state index is 0.0346. The molecule has 0 aliphatic rings. The maximum atomic E-state index is 10.8. The van der Waals surface area contributed by atoms with Gasteiger partial charge < -0.3 is 20.7 Å². The van der Waals surface area contributed by atoms with Crippen LogP contribution in [0.1, 0.15) is 40.2 Å². The zero-order chi connectivity index (χ0) is 21.4. The number of aromatic nitrogens is 1. The average Bonchev–Trinajstić information content (AvgIpc) is 3.16. The van der Waals surface area contributed by atoms with Gasteiger partial charge in [0.15, 0.2) is 4.88 Å². The van der Waals surface area contributed by atoms with Crippen LogP contribution in [-0.2, 0) is 12.1 Å². The third-order valence-electron chi connectivity index (χ3n) is 3.80. The van der Waals surface area contributed by atoms with Gasteiger partial charge in [-0.3, -0.25) is 0 Å². The molecular weight excluding hydrogens is 390 g/mol. The standard InChI is InChI=1S/C11H6N2O3S.C10H15NO/c12-5-7-2-1-3-8(4-7)16-10-9(11(14)15)17-6-13-10;1-10(2,12)9-5-3-8(7-11)4-6-9/h1-4,6H,(H,14,15);3-6,12H,7,11H2,1-2H3. The molecule has 0 aliphatic heterocycles. The van der Waals surface area contributed by atoms with Crippen LogP contribution >= 0.6 is 11.3 Å². The molecule has 3 rings (SSSR count). The summed E-state index contributed by atoms with van der Waals surface area (Å²) in [7, 11) is 0. The second kappa shape index (κ2) is 9.80. The summed E-state index contributed by atoms with van der Waals surface area (Å²) in [6.45, 7) is 4.08. The molecule has 0 spiro atoms. The number of aliphatic hydroxyl groups is 1. The van der Waals surface area contributed by atoms with Gasteiger partial charge in [0, 0.05) is 6.54 Å². The quantitative estimate of drug-likeness (QED) is 0.581. The van der Waals surface area contributed by atoms with Gasteiger partial charge in [-0.15, -0.1) is 11.3 Å². The molecule has 0 amide bonds. The molecule has 3 aromatic rings. The Morgan fingerprint density at radius 2 is 1.97 bits per heavy atom. The van der Waals surface area contributed by atoms with Gasteiger partial charge in [0.25, 0.3) is 0 Å². The van der Waals surface area contributed by atoms with E-state index in [1.54, 1.807) is 32.0 Å². The number of hydrogen-bond donors (Lipinski definition) is 3. The Labute approximate surface area is 172 Å². The molecule has 0 bridgehead atoms. The molecule has 150 valence electrons. The summed E-state index contributed by atoms with van der Waals surface area (Å²) < 4.78 is 5.32. The lowest BCUT2D eigenvalue weighted by Gasteiger charge is -2.17. The summed E-state index contributed by atoms with van der Waals surface area (Å²) in [5.74, 6) is -0.658. The largest absolute Gasteiger partial charge is 0.477 e. The van der Waals surface area contributed by atoms with Gasteiger partial charge >= 0.3 is 5.97 Å². The second-order valence-electron chi connectivity index (χ2n) is 6.49. The van der Waals surface area contributed by atoms with E-state index in [1.807, 2.05) is 30.3 Å². The van der Waals surface area contributed by atoms with Crippen LogP contribution in [0.25, 0.3) is 0 Å². The van der Waals surface area contributed by atoms with Gasteiger partial charge in [-0.25, -0.2) is 9.78 Å². The van der Waals surface area contributed by atoms with Crippen molar-refractivity contribution < 1.29 is 19.7 Å². The molecule has 29 heavy (non-hydrogen) atoms. The van der Waals surface area contributed by atoms with E-state index in [1.165, 1.54) is 11.6 Å². The van der Waals surface area contributed by atoms with E-state index in [0.717, 1.165) is 22.5 Å². The van der Waals surface area contributed by atoms with Crippen molar-refractivity contribution in [1.82, 2.24) is 4.98 Å². The number of nitrogens with two attached hydrogens (primary N) is 1. The van der Waals surface area contributed by atoms with Crippen molar-refractivity contribution in [2.75, 3.05) is 0 Å². The van der Waals surface area contributed by atoms with Crippen LogP contribution in [0.2, 0.25) is 0 Å². The number of carboxylic acids is 1. The topological polar surface area (TPSA) is 129 Å². The Morgan fingerprint density at radius 3 is 2.52 bits per heavy atom. The summed E-state index contributed by atoms with van der Waals surface area (Å²) in [4.78, 5) is 14.7. The molecule has 0 fully saturated rings. The first-order chi connectivity index (χ1) is 13.7. The Morgan fingerprint density at radius 1 is 1.28 bits per heavy atom. The maximum absolute atomic E-state index is 10.8. The fraction of sp³-hybridized carbons (Fsp3) is 0.190. The van der Waals surface area contributed by atoms with Gasteiger partial charge in [0.1, 0.15) is 5.75 Å². The summed E-state index contributed by atoms with van der Waals surface area (Å²) in [6, 6.07) is 16.1. The van der Waals surface area contributed by atoms with Crippen LogP contribution < -0.4 is 10.5 Å².